The van der Waals surface area contributed by atoms with E-state index >= 15 is 0 Å². The molecule has 12 heavy (non-hydrogen) atoms. The van der Waals surface area contributed by atoms with Crippen molar-refractivity contribution in [2.75, 3.05) is 6.61 Å². The first-order valence-corrected chi connectivity index (χ1v) is 3.32. The Morgan fingerprint density at radius 2 is 2.33 bits per heavy atom. The zero-order chi connectivity index (χ0) is 8.97. The molecule has 1 rings (SSSR count). The van der Waals surface area contributed by atoms with Crippen LogP contribution in [0.3, 0.4) is 0 Å². The molecule has 5 nitrogen and oxygen atoms in total. The van der Waals surface area contributed by atoms with Gasteiger partial charge in [0.2, 0.25) is 5.88 Å². The van der Waals surface area contributed by atoms with Crippen LogP contribution >= 0.6 is 0 Å². The highest BCUT2D eigenvalue weighted by Crippen LogP contribution is 2.02. The molecule has 0 amide bonds. The summed E-state index contributed by atoms with van der Waals surface area (Å²) in [5.41, 5.74) is 0.762. The highest BCUT2D eigenvalue weighted by Gasteiger charge is 1.99. The Balaban J connectivity index is 2.53. The number of hydrogen-bond acceptors (Lipinski definition) is 4. The molecule has 0 spiro atoms. The first-order chi connectivity index (χ1) is 5.68. The molecular weight excluding hydrogens is 160 g/mol. The molecule has 0 fully saturated rings. The van der Waals surface area contributed by atoms with Crippen molar-refractivity contribution in [1.29, 1.82) is 0 Å². The zero-order valence-electron chi connectivity index (χ0n) is 6.52. The Kier molecular flexibility index (Phi) is 2.57. The third kappa shape index (κ3) is 2.53. The van der Waals surface area contributed by atoms with E-state index in [2.05, 4.69) is 9.97 Å². The van der Waals surface area contributed by atoms with E-state index in [0.29, 0.717) is 0 Å². The van der Waals surface area contributed by atoms with Crippen molar-refractivity contribution < 1.29 is 14.6 Å². The van der Waals surface area contributed by atoms with Gasteiger partial charge in [0.15, 0.2) is 6.61 Å². The summed E-state index contributed by atoms with van der Waals surface area (Å²) in [6.07, 6.45) is 2.90. The highest BCUT2D eigenvalue weighted by atomic mass is 16.5. The molecule has 5 heteroatoms. The molecular formula is C7H8N2O3. The Morgan fingerprint density at radius 1 is 1.58 bits per heavy atom. The van der Waals surface area contributed by atoms with E-state index in [1.807, 2.05) is 0 Å². The van der Waals surface area contributed by atoms with Gasteiger partial charge in [-0.25, -0.2) is 9.78 Å². The third-order valence-electron chi connectivity index (χ3n) is 1.10. The van der Waals surface area contributed by atoms with Gasteiger partial charge in [-0.05, 0) is 6.92 Å². The zero-order valence-corrected chi connectivity index (χ0v) is 6.52. The second-order valence-electron chi connectivity index (χ2n) is 2.18. The largest absolute Gasteiger partial charge is 0.479 e. The molecule has 0 aromatic carbocycles. The summed E-state index contributed by atoms with van der Waals surface area (Å²) in [5.74, 6) is -0.805. The average Bonchev–Trinajstić information content (AvgIpc) is 2.03. The topological polar surface area (TPSA) is 72.3 Å². The number of carboxylic acids is 1. The van der Waals surface area contributed by atoms with Gasteiger partial charge in [0.1, 0.15) is 0 Å². The monoisotopic (exact) mass is 168 g/mol. The van der Waals surface area contributed by atoms with Gasteiger partial charge in [-0.15, -0.1) is 0 Å². The molecule has 0 atom stereocenters. The second kappa shape index (κ2) is 3.66. The van der Waals surface area contributed by atoms with Crippen molar-refractivity contribution in [3.8, 4) is 5.88 Å². The fourth-order valence-electron chi connectivity index (χ4n) is 0.591. The van der Waals surface area contributed by atoms with E-state index < -0.39 is 12.6 Å². The molecule has 1 aromatic rings. The number of aryl methyl sites for hydroxylation is 1. The van der Waals surface area contributed by atoms with Crippen LogP contribution in [-0.2, 0) is 4.79 Å². The number of carbonyl (C=O) groups is 1. The number of rotatable bonds is 3. The second-order valence-corrected chi connectivity index (χ2v) is 2.18. The lowest BCUT2D eigenvalue weighted by Gasteiger charge is -1.99. The summed E-state index contributed by atoms with van der Waals surface area (Å²) in [6, 6.07) is 0. The molecule has 0 unspecified atom stereocenters. The first-order valence-electron chi connectivity index (χ1n) is 3.32. The molecule has 0 saturated heterocycles. The number of aliphatic carboxylic acids is 1. The summed E-state index contributed by atoms with van der Waals surface area (Å²) >= 11 is 0. The van der Waals surface area contributed by atoms with Crippen LogP contribution in [0.15, 0.2) is 12.4 Å². The van der Waals surface area contributed by atoms with Gasteiger partial charge in [0, 0.05) is 0 Å². The van der Waals surface area contributed by atoms with E-state index in [1.165, 1.54) is 12.4 Å². The quantitative estimate of drug-likeness (QED) is 0.700. The Morgan fingerprint density at radius 3 is 2.83 bits per heavy atom. The highest BCUT2D eigenvalue weighted by molar-refractivity contribution is 5.68. The van der Waals surface area contributed by atoms with Crippen LogP contribution < -0.4 is 4.74 Å². The van der Waals surface area contributed by atoms with Crippen molar-refractivity contribution in [1.82, 2.24) is 9.97 Å². The lowest BCUT2D eigenvalue weighted by Crippen LogP contribution is -2.10. The predicted octanol–water partition coefficient (Wildman–Crippen LogP) is 0.248. The normalized spacial score (nSPS) is 9.42. The third-order valence-corrected chi connectivity index (χ3v) is 1.10. The minimum absolute atomic E-state index is 0.225. The van der Waals surface area contributed by atoms with Crippen molar-refractivity contribution in [2.45, 2.75) is 6.92 Å². The van der Waals surface area contributed by atoms with Gasteiger partial charge in [-0.2, -0.15) is 0 Å². The maximum absolute atomic E-state index is 10.1. The van der Waals surface area contributed by atoms with Crippen LogP contribution in [0.4, 0.5) is 0 Å². The van der Waals surface area contributed by atoms with Crippen LogP contribution in [0.5, 0.6) is 5.88 Å². The van der Waals surface area contributed by atoms with Gasteiger partial charge in [-0.1, -0.05) is 0 Å². The Hall–Kier alpha value is -1.65. The van der Waals surface area contributed by atoms with E-state index in [-0.39, 0.29) is 5.88 Å². The van der Waals surface area contributed by atoms with E-state index in [4.69, 9.17) is 9.84 Å². The predicted molar refractivity (Wildman–Crippen MR) is 39.9 cm³/mol. The van der Waals surface area contributed by atoms with E-state index in [1.54, 1.807) is 6.92 Å². The SMILES string of the molecule is Cc1cnc(OCC(=O)O)cn1. The van der Waals surface area contributed by atoms with Crippen molar-refractivity contribution in [3.05, 3.63) is 18.1 Å². The maximum Gasteiger partial charge on any atom is 0.341 e. The minimum atomic E-state index is -1.03. The summed E-state index contributed by atoms with van der Waals surface area (Å²) in [4.78, 5) is 17.7. The van der Waals surface area contributed by atoms with Crippen molar-refractivity contribution in [3.63, 3.8) is 0 Å². The fraction of sp³-hybridized carbons (Fsp3) is 0.286. The molecule has 1 aromatic heterocycles. The van der Waals surface area contributed by atoms with Gasteiger partial charge >= 0.3 is 5.97 Å². The fourth-order valence-corrected chi connectivity index (χ4v) is 0.591. The lowest BCUT2D eigenvalue weighted by atomic mass is 10.5. The first kappa shape index (κ1) is 8.45. The molecule has 1 heterocycles. The number of nitrogens with zero attached hydrogens (tertiary/aromatic N) is 2. The molecule has 0 saturated carbocycles. The van der Waals surface area contributed by atoms with Crippen LogP contribution in [0.2, 0.25) is 0 Å². The Bertz CT molecular complexity index is 270. The van der Waals surface area contributed by atoms with Crippen LogP contribution in [0.1, 0.15) is 5.69 Å². The van der Waals surface area contributed by atoms with Gasteiger partial charge in [0.25, 0.3) is 0 Å². The summed E-state index contributed by atoms with van der Waals surface area (Å²) in [7, 11) is 0. The van der Waals surface area contributed by atoms with Crippen molar-refractivity contribution in [2.24, 2.45) is 0 Å². The number of ether oxygens (including phenoxy) is 1. The molecule has 0 radical (unpaired) electrons. The van der Waals surface area contributed by atoms with Crippen molar-refractivity contribution >= 4 is 5.97 Å². The maximum atomic E-state index is 10.1. The van der Waals surface area contributed by atoms with Crippen LogP contribution in [0, 0.1) is 6.92 Å². The van der Waals surface area contributed by atoms with E-state index in [9.17, 15) is 4.79 Å². The summed E-state index contributed by atoms with van der Waals surface area (Å²) in [5, 5.41) is 8.26. The van der Waals surface area contributed by atoms with Gasteiger partial charge in [0.05, 0.1) is 18.1 Å². The lowest BCUT2D eigenvalue weighted by molar-refractivity contribution is -0.139. The molecule has 0 bridgehead atoms. The summed E-state index contributed by atoms with van der Waals surface area (Å²) < 4.78 is 4.75. The van der Waals surface area contributed by atoms with Gasteiger partial charge < -0.3 is 9.84 Å². The van der Waals surface area contributed by atoms with Crippen LogP contribution in [-0.4, -0.2) is 27.7 Å². The van der Waals surface area contributed by atoms with E-state index in [0.717, 1.165) is 5.69 Å². The number of aromatic nitrogens is 2. The van der Waals surface area contributed by atoms with Gasteiger partial charge in [-0.3, -0.25) is 4.98 Å². The average molecular weight is 168 g/mol. The molecule has 1 N–H and O–H groups in total. The summed E-state index contributed by atoms with van der Waals surface area (Å²) in [6.45, 7) is 1.39. The standard InChI is InChI=1S/C7H8N2O3/c1-5-2-9-6(3-8-5)12-4-7(10)11/h2-3H,4H2,1H3,(H,10,11). The number of hydrogen-bond donors (Lipinski definition) is 1. The minimum Gasteiger partial charge on any atom is -0.479 e. The molecule has 0 aliphatic carbocycles. The molecule has 0 aliphatic heterocycles. The Labute approximate surface area is 69.0 Å². The molecule has 64 valence electrons. The van der Waals surface area contributed by atoms with Crippen LogP contribution in [0.25, 0.3) is 0 Å². The smallest absolute Gasteiger partial charge is 0.341 e. The molecule has 0 aliphatic rings. The number of carboxylic acid groups (broad SMARTS) is 1.